The molecule has 2 aromatic rings. The molecule has 0 bridgehead atoms. The molecule has 128 valence electrons. The van der Waals surface area contributed by atoms with Crippen molar-refractivity contribution in [1.82, 2.24) is 15.5 Å². The van der Waals surface area contributed by atoms with Crippen LogP contribution >= 0.6 is 11.6 Å². The van der Waals surface area contributed by atoms with Crippen LogP contribution in [0.5, 0.6) is 0 Å². The molecule has 7 heteroatoms. The highest BCUT2D eigenvalue weighted by molar-refractivity contribution is 6.33. The molecule has 0 saturated carbocycles. The van der Waals surface area contributed by atoms with Gasteiger partial charge in [0.15, 0.2) is 0 Å². The summed E-state index contributed by atoms with van der Waals surface area (Å²) in [5, 5.41) is 19.2. The Kier molecular flexibility index (Phi) is 5.29. The number of carboxylic acids is 1. The van der Waals surface area contributed by atoms with Gasteiger partial charge in [-0.15, -0.1) is 0 Å². The maximum Gasteiger partial charge on any atom is 0.305 e. The molecule has 0 fully saturated rings. The Morgan fingerprint density at radius 2 is 2.04 bits per heavy atom. The van der Waals surface area contributed by atoms with E-state index in [1.54, 1.807) is 19.1 Å². The zero-order chi connectivity index (χ0) is 17.9. The van der Waals surface area contributed by atoms with Crippen molar-refractivity contribution >= 4 is 23.5 Å². The molecular weight excluding hydrogens is 330 g/mol. The molecule has 0 aliphatic heterocycles. The first-order chi connectivity index (χ1) is 11.2. The molecule has 0 saturated heterocycles. The number of aromatic nitrogens is 2. The van der Waals surface area contributed by atoms with Crippen LogP contribution in [0.3, 0.4) is 0 Å². The summed E-state index contributed by atoms with van der Waals surface area (Å²) < 4.78 is 0. The second-order valence-corrected chi connectivity index (χ2v) is 6.65. The van der Waals surface area contributed by atoms with Gasteiger partial charge in [0.25, 0.3) is 5.91 Å². The molecule has 1 aromatic carbocycles. The Morgan fingerprint density at radius 3 is 2.62 bits per heavy atom. The van der Waals surface area contributed by atoms with Crippen molar-refractivity contribution in [3.05, 3.63) is 41.0 Å². The van der Waals surface area contributed by atoms with Crippen LogP contribution < -0.4 is 5.32 Å². The third kappa shape index (κ3) is 3.94. The summed E-state index contributed by atoms with van der Waals surface area (Å²) >= 11 is 6.13. The topological polar surface area (TPSA) is 95.1 Å². The van der Waals surface area contributed by atoms with Crippen molar-refractivity contribution in [2.45, 2.75) is 32.7 Å². The predicted octanol–water partition coefficient (Wildman–Crippen LogP) is 3.35. The molecule has 0 spiro atoms. The number of carboxylic acid groups (broad SMARTS) is 1. The Balaban J connectivity index is 2.22. The zero-order valence-electron chi connectivity index (χ0n) is 13.8. The van der Waals surface area contributed by atoms with Crippen LogP contribution in [0.4, 0.5) is 0 Å². The van der Waals surface area contributed by atoms with E-state index in [0.29, 0.717) is 16.3 Å². The van der Waals surface area contributed by atoms with Crippen molar-refractivity contribution in [3.8, 4) is 11.3 Å². The first-order valence-electron chi connectivity index (χ1n) is 7.57. The van der Waals surface area contributed by atoms with E-state index in [4.69, 9.17) is 16.7 Å². The van der Waals surface area contributed by atoms with Crippen LogP contribution in [0.25, 0.3) is 11.3 Å². The van der Waals surface area contributed by atoms with Gasteiger partial charge in [0.1, 0.15) is 5.69 Å². The van der Waals surface area contributed by atoms with Crippen molar-refractivity contribution in [1.29, 1.82) is 0 Å². The number of rotatable bonds is 6. The number of halogens is 1. The average molecular weight is 350 g/mol. The van der Waals surface area contributed by atoms with E-state index in [-0.39, 0.29) is 18.0 Å². The van der Waals surface area contributed by atoms with Crippen LogP contribution in [0.15, 0.2) is 30.3 Å². The Bertz CT molecular complexity index is 757. The zero-order valence-corrected chi connectivity index (χ0v) is 14.5. The number of nitrogens with zero attached hydrogens (tertiary/aromatic N) is 1. The van der Waals surface area contributed by atoms with E-state index in [0.717, 1.165) is 0 Å². The van der Waals surface area contributed by atoms with Gasteiger partial charge in [0, 0.05) is 5.56 Å². The van der Waals surface area contributed by atoms with Crippen LogP contribution in [0.1, 0.15) is 37.7 Å². The van der Waals surface area contributed by atoms with Gasteiger partial charge in [-0.1, -0.05) is 43.6 Å². The fourth-order valence-electron chi connectivity index (χ4n) is 2.28. The lowest BCUT2D eigenvalue weighted by atomic mass is 9.85. The van der Waals surface area contributed by atoms with Gasteiger partial charge < -0.3 is 10.4 Å². The summed E-state index contributed by atoms with van der Waals surface area (Å²) in [5.74, 6) is -1.42. The highest BCUT2D eigenvalue weighted by Gasteiger charge is 2.33. The van der Waals surface area contributed by atoms with Crippen molar-refractivity contribution in [2.75, 3.05) is 0 Å². The van der Waals surface area contributed by atoms with E-state index >= 15 is 0 Å². The number of hydrogen-bond acceptors (Lipinski definition) is 3. The standard InChI is InChI=1S/C17H20ClN3O3/c1-10(2)17(3,9-15(22)23)19-16(24)14-8-13(20-21-14)11-6-4-5-7-12(11)18/h4-8,10H,9H2,1-3H3,(H,19,24)(H,20,21)(H,22,23). The largest absolute Gasteiger partial charge is 0.481 e. The van der Waals surface area contributed by atoms with Crippen molar-refractivity contribution in [3.63, 3.8) is 0 Å². The van der Waals surface area contributed by atoms with Crippen molar-refractivity contribution < 1.29 is 14.7 Å². The van der Waals surface area contributed by atoms with E-state index < -0.39 is 17.4 Å². The summed E-state index contributed by atoms with van der Waals surface area (Å²) in [5.41, 5.74) is 0.655. The molecule has 6 nitrogen and oxygen atoms in total. The van der Waals surface area contributed by atoms with Gasteiger partial charge in [0.05, 0.1) is 22.7 Å². The van der Waals surface area contributed by atoms with Crippen molar-refractivity contribution in [2.24, 2.45) is 5.92 Å². The highest BCUT2D eigenvalue weighted by Crippen LogP contribution is 2.27. The summed E-state index contributed by atoms with van der Waals surface area (Å²) in [6.45, 7) is 5.45. The second-order valence-electron chi connectivity index (χ2n) is 6.24. The number of hydrogen-bond donors (Lipinski definition) is 3. The summed E-state index contributed by atoms with van der Waals surface area (Å²) in [6, 6.07) is 8.79. The summed E-state index contributed by atoms with van der Waals surface area (Å²) in [7, 11) is 0. The quantitative estimate of drug-likeness (QED) is 0.745. The van der Waals surface area contributed by atoms with E-state index in [1.165, 1.54) is 0 Å². The molecule has 1 amide bonds. The Morgan fingerprint density at radius 1 is 1.38 bits per heavy atom. The predicted molar refractivity (Wildman–Crippen MR) is 92.0 cm³/mol. The molecule has 1 aromatic heterocycles. The minimum Gasteiger partial charge on any atom is -0.481 e. The molecule has 0 aliphatic carbocycles. The Labute approximate surface area is 145 Å². The molecule has 0 aliphatic rings. The lowest BCUT2D eigenvalue weighted by molar-refractivity contribution is -0.138. The molecule has 24 heavy (non-hydrogen) atoms. The molecule has 0 radical (unpaired) electrons. The van der Waals surface area contributed by atoms with Crippen LogP contribution in [0, 0.1) is 5.92 Å². The van der Waals surface area contributed by atoms with E-state index in [9.17, 15) is 9.59 Å². The third-order valence-corrected chi connectivity index (χ3v) is 4.49. The molecule has 2 rings (SSSR count). The second kappa shape index (κ2) is 7.05. The minimum absolute atomic E-state index is 0.0523. The number of benzene rings is 1. The monoisotopic (exact) mass is 349 g/mol. The van der Waals surface area contributed by atoms with Gasteiger partial charge >= 0.3 is 5.97 Å². The van der Waals surface area contributed by atoms with Crippen LogP contribution in [0.2, 0.25) is 5.02 Å². The molecule has 1 heterocycles. The van der Waals surface area contributed by atoms with Gasteiger partial charge in [-0.3, -0.25) is 14.7 Å². The smallest absolute Gasteiger partial charge is 0.305 e. The number of aliphatic carboxylic acids is 1. The Hall–Kier alpha value is -2.34. The fourth-order valence-corrected chi connectivity index (χ4v) is 2.51. The minimum atomic E-state index is -0.965. The lowest BCUT2D eigenvalue weighted by Gasteiger charge is -2.33. The van der Waals surface area contributed by atoms with E-state index in [2.05, 4.69) is 15.5 Å². The van der Waals surface area contributed by atoms with Crippen LogP contribution in [-0.2, 0) is 4.79 Å². The van der Waals surface area contributed by atoms with Crippen LogP contribution in [-0.4, -0.2) is 32.7 Å². The number of aromatic amines is 1. The lowest BCUT2D eigenvalue weighted by Crippen LogP contribution is -2.51. The first kappa shape index (κ1) is 18.0. The number of H-pyrrole nitrogens is 1. The highest BCUT2D eigenvalue weighted by atomic mass is 35.5. The molecular formula is C17H20ClN3O3. The number of amides is 1. The van der Waals surface area contributed by atoms with Gasteiger partial charge in [-0.05, 0) is 25.0 Å². The molecule has 3 N–H and O–H groups in total. The summed E-state index contributed by atoms with van der Waals surface area (Å²) in [6.07, 6.45) is -0.165. The normalized spacial score (nSPS) is 13.5. The fraction of sp³-hybridized carbons (Fsp3) is 0.353. The van der Waals surface area contributed by atoms with Gasteiger partial charge in [-0.25, -0.2) is 0 Å². The van der Waals surface area contributed by atoms with Gasteiger partial charge in [0.2, 0.25) is 0 Å². The maximum atomic E-state index is 12.5. The van der Waals surface area contributed by atoms with E-state index in [1.807, 2.05) is 32.0 Å². The third-order valence-electron chi connectivity index (χ3n) is 4.16. The molecule has 1 atom stereocenters. The maximum absolute atomic E-state index is 12.5. The number of carbonyl (C=O) groups excluding carboxylic acids is 1. The van der Waals surface area contributed by atoms with Gasteiger partial charge in [-0.2, -0.15) is 5.10 Å². The SMILES string of the molecule is CC(C)C(C)(CC(=O)O)NC(=O)c1cc(-c2ccccc2Cl)n[nH]1. The summed E-state index contributed by atoms with van der Waals surface area (Å²) in [4.78, 5) is 23.5. The molecule has 1 unspecified atom stereocenters. The first-order valence-corrected chi connectivity index (χ1v) is 7.95. The average Bonchev–Trinajstić information content (AvgIpc) is 2.96. The number of carbonyl (C=O) groups is 2. The number of nitrogens with one attached hydrogen (secondary N) is 2.